The Balaban J connectivity index is 3.11. The maximum atomic E-state index is 11.4. The van der Waals surface area contributed by atoms with E-state index in [4.69, 9.17) is 0 Å². The molecule has 0 atom stereocenters. The number of hydrogen-bond acceptors (Lipinski definition) is 5. The number of esters is 1. The second-order valence-corrected chi connectivity index (χ2v) is 3.63. The molecule has 0 radical (unpaired) electrons. The molecule has 0 N–H and O–H groups in total. The minimum absolute atomic E-state index is 0.361. The average Bonchev–Trinajstić information content (AvgIpc) is 2.55. The lowest BCUT2D eigenvalue weighted by molar-refractivity contribution is 0.0601. The van der Waals surface area contributed by atoms with Gasteiger partial charge in [0.1, 0.15) is 5.00 Å². The van der Waals surface area contributed by atoms with Gasteiger partial charge in [0, 0.05) is 11.6 Å². The topological polar surface area (TPSA) is 38.7 Å². The Hall–Kier alpha value is -1.07. The molecule has 0 bridgehead atoms. The molecular formula is C9H9NO2S2. The van der Waals surface area contributed by atoms with Gasteiger partial charge in [-0.2, -0.15) is 0 Å². The number of rotatable bonds is 3. The summed E-state index contributed by atoms with van der Waals surface area (Å²) >= 11 is 6.00. The molecule has 5 heteroatoms. The number of aryl methyl sites for hydroxylation is 1. The highest BCUT2D eigenvalue weighted by atomic mass is 32.1. The standard InChI is InChI=1S/C9H9NO2S2/c1-6-5-14-8(10-3-4-13)7(6)9(11)12-2/h3-5H,1-2H3. The highest BCUT2D eigenvalue weighted by Crippen LogP contribution is 2.30. The first-order valence-electron chi connectivity index (χ1n) is 3.85. The Morgan fingerprint density at radius 2 is 2.43 bits per heavy atom. The van der Waals surface area contributed by atoms with Crippen LogP contribution in [-0.4, -0.2) is 24.7 Å². The van der Waals surface area contributed by atoms with Gasteiger partial charge < -0.3 is 4.74 Å². The molecule has 1 aromatic heterocycles. The lowest BCUT2D eigenvalue weighted by Crippen LogP contribution is -2.01. The molecule has 0 amide bonds. The summed E-state index contributed by atoms with van der Waals surface area (Å²) < 4.78 is 4.65. The van der Waals surface area contributed by atoms with Gasteiger partial charge in [-0.1, -0.05) is 12.2 Å². The predicted octanol–water partition coefficient (Wildman–Crippen LogP) is 2.55. The van der Waals surface area contributed by atoms with Crippen LogP contribution < -0.4 is 0 Å². The zero-order valence-electron chi connectivity index (χ0n) is 7.81. The van der Waals surface area contributed by atoms with E-state index in [1.807, 2.05) is 12.3 Å². The van der Waals surface area contributed by atoms with Crippen molar-refractivity contribution in [2.45, 2.75) is 6.92 Å². The first kappa shape index (κ1) is 11.0. The third-order valence-electron chi connectivity index (χ3n) is 1.60. The summed E-state index contributed by atoms with van der Waals surface area (Å²) in [7, 11) is 1.35. The number of methoxy groups -OCH3 is 1. The van der Waals surface area contributed by atoms with Gasteiger partial charge >= 0.3 is 5.97 Å². The van der Waals surface area contributed by atoms with Gasteiger partial charge in [0.2, 0.25) is 0 Å². The van der Waals surface area contributed by atoms with Crippen molar-refractivity contribution in [2.24, 2.45) is 4.99 Å². The molecule has 0 aliphatic heterocycles. The maximum absolute atomic E-state index is 11.4. The number of nitrogens with zero attached hydrogens (tertiary/aromatic N) is 1. The average molecular weight is 227 g/mol. The van der Waals surface area contributed by atoms with Crippen molar-refractivity contribution >= 4 is 46.1 Å². The molecule has 0 fully saturated rings. The Kier molecular flexibility index (Phi) is 3.91. The Morgan fingerprint density at radius 3 is 3.00 bits per heavy atom. The van der Waals surface area contributed by atoms with Crippen LogP contribution >= 0.6 is 23.6 Å². The third-order valence-corrected chi connectivity index (χ3v) is 2.72. The van der Waals surface area contributed by atoms with Gasteiger partial charge in [-0.3, -0.25) is 0 Å². The van der Waals surface area contributed by atoms with E-state index in [1.165, 1.54) is 30.0 Å². The van der Waals surface area contributed by atoms with Crippen LogP contribution in [0.25, 0.3) is 0 Å². The third kappa shape index (κ3) is 2.24. The molecule has 0 aliphatic carbocycles. The zero-order valence-corrected chi connectivity index (χ0v) is 9.45. The van der Waals surface area contributed by atoms with E-state index in [0.717, 1.165) is 5.56 Å². The molecule has 1 heterocycles. The van der Waals surface area contributed by atoms with Crippen LogP contribution in [0.3, 0.4) is 0 Å². The number of ether oxygens (including phenoxy) is 1. The largest absolute Gasteiger partial charge is 0.465 e. The van der Waals surface area contributed by atoms with Gasteiger partial charge in [-0.05, 0) is 17.9 Å². The lowest BCUT2D eigenvalue weighted by Gasteiger charge is -1.98. The fraction of sp³-hybridized carbons (Fsp3) is 0.222. The first-order chi connectivity index (χ1) is 6.70. The van der Waals surface area contributed by atoms with Gasteiger partial charge in [0.05, 0.1) is 12.7 Å². The SMILES string of the molecule is COC(=O)c1c(C)csc1N=CC=S. The summed E-state index contributed by atoms with van der Waals surface area (Å²) in [5.74, 6) is -0.361. The normalized spacial score (nSPS) is 10.4. The molecule has 3 nitrogen and oxygen atoms in total. The number of thiocarbonyl (C=S) groups is 1. The quantitative estimate of drug-likeness (QED) is 0.452. The molecule has 0 saturated carbocycles. The van der Waals surface area contributed by atoms with Gasteiger partial charge in [-0.15, -0.1) is 11.3 Å². The van der Waals surface area contributed by atoms with Crippen molar-refractivity contribution < 1.29 is 9.53 Å². The minimum Gasteiger partial charge on any atom is -0.465 e. The van der Waals surface area contributed by atoms with Crippen molar-refractivity contribution in [2.75, 3.05) is 7.11 Å². The maximum Gasteiger partial charge on any atom is 0.341 e. The van der Waals surface area contributed by atoms with Crippen LogP contribution in [0.1, 0.15) is 15.9 Å². The highest BCUT2D eigenvalue weighted by molar-refractivity contribution is 7.80. The molecule has 0 aromatic carbocycles. The number of aliphatic imine (C=N–C) groups is 1. The van der Waals surface area contributed by atoms with Crippen LogP contribution in [-0.2, 0) is 4.74 Å². The zero-order chi connectivity index (χ0) is 10.6. The first-order valence-corrected chi connectivity index (χ1v) is 5.20. The van der Waals surface area contributed by atoms with Crippen LogP contribution in [0.15, 0.2) is 10.4 Å². The van der Waals surface area contributed by atoms with E-state index >= 15 is 0 Å². The lowest BCUT2D eigenvalue weighted by atomic mass is 10.2. The molecule has 0 spiro atoms. The van der Waals surface area contributed by atoms with E-state index in [-0.39, 0.29) is 5.97 Å². The van der Waals surface area contributed by atoms with Crippen LogP contribution in [0.2, 0.25) is 0 Å². The molecule has 1 rings (SSSR count). The molecule has 0 aliphatic rings. The molecule has 0 saturated heterocycles. The van der Waals surface area contributed by atoms with Crippen molar-refractivity contribution in [1.82, 2.24) is 0 Å². The molecular weight excluding hydrogens is 218 g/mol. The van der Waals surface area contributed by atoms with E-state index in [9.17, 15) is 4.79 Å². The summed E-state index contributed by atoms with van der Waals surface area (Å²) in [6.07, 6.45) is 1.48. The van der Waals surface area contributed by atoms with Crippen molar-refractivity contribution in [3.8, 4) is 0 Å². The summed E-state index contributed by atoms with van der Waals surface area (Å²) in [4.78, 5) is 15.4. The van der Waals surface area contributed by atoms with Crippen molar-refractivity contribution in [3.63, 3.8) is 0 Å². The van der Waals surface area contributed by atoms with E-state index in [2.05, 4.69) is 21.9 Å². The monoisotopic (exact) mass is 227 g/mol. The number of thiophene rings is 1. The van der Waals surface area contributed by atoms with Gasteiger partial charge in [-0.25, -0.2) is 9.79 Å². The number of carbonyl (C=O) groups excluding carboxylic acids is 1. The van der Waals surface area contributed by atoms with E-state index < -0.39 is 0 Å². The number of carbonyl (C=O) groups is 1. The fourth-order valence-electron chi connectivity index (χ4n) is 0.974. The van der Waals surface area contributed by atoms with E-state index in [1.54, 1.807) is 0 Å². The van der Waals surface area contributed by atoms with Crippen LogP contribution in [0.4, 0.5) is 5.00 Å². The summed E-state index contributed by atoms with van der Waals surface area (Å²) in [5, 5.41) is 3.90. The van der Waals surface area contributed by atoms with E-state index in [0.29, 0.717) is 10.6 Å². The smallest absolute Gasteiger partial charge is 0.341 e. The van der Waals surface area contributed by atoms with Crippen LogP contribution in [0, 0.1) is 6.92 Å². The molecule has 1 aromatic rings. The second kappa shape index (κ2) is 4.97. The predicted molar refractivity (Wildman–Crippen MR) is 62.2 cm³/mol. The molecule has 0 unspecified atom stereocenters. The molecule has 14 heavy (non-hydrogen) atoms. The van der Waals surface area contributed by atoms with Crippen LogP contribution in [0.5, 0.6) is 0 Å². The van der Waals surface area contributed by atoms with Gasteiger partial charge in [0.15, 0.2) is 0 Å². The van der Waals surface area contributed by atoms with Crippen molar-refractivity contribution in [1.29, 1.82) is 0 Å². The highest BCUT2D eigenvalue weighted by Gasteiger charge is 2.16. The summed E-state index contributed by atoms with van der Waals surface area (Å²) in [6, 6.07) is 0. The molecule has 74 valence electrons. The Labute approximate surface area is 91.4 Å². The second-order valence-electron chi connectivity index (χ2n) is 2.50. The Bertz CT molecular complexity index is 382. The minimum atomic E-state index is -0.361. The number of hydrogen-bond donors (Lipinski definition) is 0. The fourth-order valence-corrected chi connectivity index (χ4v) is 1.93. The van der Waals surface area contributed by atoms with Crippen molar-refractivity contribution in [3.05, 3.63) is 16.5 Å². The van der Waals surface area contributed by atoms with Gasteiger partial charge in [0.25, 0.3) is 0 Å². The summed E-state index contributed by atoms with van der Waals surface area (Å²) in [5.41, 5.74) is 1.39. The Morgan fingerprint density at radius 1 is 1.71 bits per heavy atom. The summed E-state index contributed by atoms with van der Waals surface area (Å²) in [6.45, 7) is 1.85.